The molecule has 0 saturated carbocycles. The smallest absolute Gasteiger partial charge is 0.317 e. The molecular weight excluding hydrogens is 356 g/mol. The van der Waals surface area contributed by atoms with Crippen molar-refractivity contribution in [3.8, 4) is 5.75 Å². The van der Waals surface area contributed by atoms with E-state index in [0.29, 0.717) is 12.8 Å². The van der Waals surface area contributed by atoms with E-state index in [1.807, 2.05) is 20.8 Å². The molecule has 22 heavy (non-hydrogen) atoms. The third-order valence-corrected chi connectivity index (χ3v) is 5.27. The Kier molecular flexibility index (Phi) is 6.28. The minimum atomic E-state index is -0.664. The normalized spacial score (nSPS) is 12.7. The van der Waals surface area contributed by atoms with E-state index >= 15 is 0 Å². The van der Waals surface area contributed by atoms with E-state index in [9.17, 15) is 20.2 Å². The number of non-ortho nitro benzene ring substituents is 1. The lowest BCUT2D eigenvalue weighted by Crippen LogP contribution is -2.43. The van der Waals surface area contributed by atoms with Crippen LogP contribution in [-0.2, 0) is 0 Å². The lowest BCUT2D eigenvalue weighted by Gasteiger charge is -2.36. The average Bonchev–Trinajstić information content (AvgIpc) is 2.51. The first kappa shape index (κ1) is 18.3. The molecule has 1 unspecified atom stereocenters. The summed E-state index contributed by atoms with van der Waals surface area (Å²) in [5.74, 6) is 0.0530. The molecule has 0 radical (unpaired) electrons. The van der Waals surface area contributed by atoms with E-state index < -0.39 is 21.1 Å². The van der Waals surface area contributed by atoms with E-state index in [-0.39, 0.29) is 16.3 Å². The molecule has 0 N–H and O–H groups in total. The van der Waals surface area contributed by atoms with Crippen LogP contribution in [0.2, 0.25) is 0 Å². The number of nitrogens with zero attached hydrogens (tertiary/aromatic N) is 2. The summed E-state index contributed by atoms with van der Waals surface area (Å²) in [6.07, 6.45) is 2.10. The van der Waals surface area contributed by atoms with Gasteiger partial charge in [-0.3, -0.25) is 20.2 Å². The lowest BCUT2D eigenvalue weighted by molar-refractivity contribution is -0.395. The second-order valence-corrected chi connectivity index (χ2v) is 6.02. The van der Waals surface area contributed by atoms with E-state index in [1.165, 1.54) is 12.1 Å². The summed E-state index contributed by atoms with van der Waals surface area (Å²) in [4.78, 5) is 20.7. The average molecular weight is 375 g/mol. The maximum Gasteiger partial charge on any atom is 0.317 e. The molecule has 0 aromatic heterocycles. The van der Waals surface area contributed by atoms with Crippen LogP contribution in [0.3, 0.4) is 0 Å². The zero-order valence-electron chi connectivity index (χ0n) is 12.7. The molecule has 0 amide bonds. The predicted octanol–water partition coefficient (Wildman–Crippen LogP) is 4.61. The van der Waals surface area contributed by atoms with Gasteiger partial charge < -0.3 is 4.74 Å². The van der Waals surface area contributed by atoms with Crippen molar-refractivity contribution in [3.63, 3.8) is 0 Å². The van der Waals surface area contributed by atoms with E-state index in [1.54, 1.807) is 0 Å². The third kappa shape index (κ3) is 3.73. The molecule has 7 nitrogen and oxygen atoms in total. The van der Waals surface area contributed by atoms with Gasteiger partial charge in [-0.05, 0) is 25.3 Å². The monoisotopic (exact) mass is 374 g/mol. The van der Waals surface area contributed by atoms with Crippen molar-refractivity contribution in [2.24, 2.45) is 0 Å². The summed E-state index contributed by atoms with van der Waals surface area (Å²) in [6.45, 7) is 5.89. The van der Waals surface area contributed by atoms with Crippen LogP contribution in [0.15, 0.2) is 18.2 Å². The number of hydrogen-bond donors (Lipinski definition) is 0. The Labute approximate surface area is 137 Å². The van der Waals surface area contributed by atoms with Gasteiger partial charge in [0.25, 0.3) is 5.69 Å². The molecule has 1 aromatic rings. The Morgan fingerprint density at radius 1 is 1.18 bits per heavy atom. The fraction of sp³-hybridized carbons (Fsp3) is 0.571. The topological polar surface area (TPSA) is 95.5 Å². The molecule has 0 saturated heterocycles. The molecule has 0 heterocycles. The highest BCUT2D eigenvalue weighted by Crippen LogP contribution is 2.39. The van der Waals surface area contributed by atoms with Gasteiger partial charge in [0, 0.05) is 6.07 Å². The second kappa shape index (κ2) is 7.53. The van der Waals surface area contributed by atoms with Gasteiger partial charge in [0.15, 0.2) is 5.75 Å². The van der Waals surface area contributed by atoms with Gasteiger partial charge in [-0.25, -0.2) is 0 Å². The first-order chi connectivity index (χ1) is 10.3. The largest absolute Gasteiger partial charge is 0.479 e. The van der Waals surface area contributed by atoms with Gasteiger partial charge in [-0.1, -0.05) is 36.7 Å². The van der Waals surface area contributed by atoms with Crippen LogP contribution in [0, 0.1) is 20.2 Å². The number of nitro groups is 2. The summed E-state index contributed by atoms with van der Waals surface area (Å²) >= 11 is 3.57. The zero-order chi connectivity index (χ0) is 16.9. The Morgan fingerprint density at radius 3 is 2.18 bits per heavy atom. The number of hydrogen-bond acceptors (Lipinski definition) is 5. The molecule has 0 aliphatic heterocycles. The van der Waals surface area contributed by atoms with Crippen molar-refractivity contribution >= 4 is 27.3 Å². The van der Waals surface area contributed by atoms with Crippen molar-refractivity contribution in [3.05, 3.63) is 38.4 Å². The molecule has 0 fully saturated rings. The van der Waals surface area contributed by atoms with Crippen LogP contribution in [0.25, 0.3) is 0 Å². The Morgan fingerprint density at radius 2 is 1.77 bits per heavy atom. The van der Waals surface area contributed by atoms with Crippen molar-refractivity contribution in [2.75, 3.05) is 0 Å². The Balaban J connectivity index is 3.30. The van der Waals surface area contributed by atoms with Crippen LogP contribution < -0.4 is 4.74 Å². The summed E-state index contributed by atoms with van der Waals surface area (Å²) in [7, 11) is 0. The number of benzene rings is 1. The van der Waals surface area contributed by atoms with Crippen LogP contribution in [0.1, 0.15) is 40.0 Å². The molecule has 1 aromatic carbocycles. The maximum absolute atomic E-state index is 11.2. The number of alkyl halides is 1. The number of rotatable bonds is 8. The standard InChI is InChI=1S/C14H19BrN2O5/c1-4-13(15)14(5-2,6-3)22-12-8-7-10(16(18)19)9-11(12)17(20)21/h7-9,13H,4-6H2,1-3H3. The van der Waals surface area contributed by atoms with Crippen LogP contribution >= 0.6 is 15.9 Å². The summed E-state index contributed by atoms with van der Waals surface area (Å²) < 4.78 is 5.97. The minimum Gasteiger partial charge on any atom is -0.479 e. The van der Waals surface area contributed by atoms with Gasteiger partial charge in [-0.15, -0.1) is 0 Å². The molecule has 0 aliphatic rings. The summed E-state index contributed by atoms with van der Waals surface area (Å²) in [5, 5.41) is 22.0. The van der Waals surface area contributed by atoms with E-state index in [0.717, 1.165) is 12.5 Å². The second-order valence-electron chi connectivity index (χ2n) is 4.92. The van der Waals surface area contributed by atoms with Crippen molar-refractivity contribution in [1.29, 1.82) is 0 Å². The molecule has 1 rings (SSSR count). The highest BCUT2D eigenvalue weighted by Gasteiger charge is 2.37. The number of nitro benzene ring substituents is 2. The van der Waals surface area contributed by atoms with Gasteiger partial charge in [0.05, 0.1) is 20.7 Å². The van der Waals surface area contributed by atoms with Gasteiger partial charge in [-0.2, -0.15) is 0 Å². The van der Waals surface area contributed by atoms with Gasteiger partial charge >= 0.3 is 5.69 Å². The SMILES string of the molecule is CCC(Br)C(CC)(CC)Oc1ccc([N+](=O)[O-])cc1[N+](=O)[O-]. The summed E-state index contributed by atoms with van der Waals surface area (Å²) in [5.41, 5.74) is -1.32. The molecule has 0 bridgehead atoms. The van der Waals surface area contributed by atoms with E-state index in [2.05, 4.69) is 15.9 Å². The maximum atomic E-state index is 11.2. The zero-order valence-corrected chi connectivity index (χ0v) is 14.3. The first-order valence-electron chi connectivity index (χ1n) is 7.07. The third-order valence-electron chi connectivity index (χ3n) is 3.79. The summed E-state index contributed by atoms with van der Waals surface area (Å²) in [6, 6.07) is 3.44. The highest BCUT2D eigenvalue weighted by molar-refractivity contribution is 9.09. The van der Waals surface area contributed by atoms with Crippen LogP contribution in [0.5, 0.6) is 5.75 Å². The van der Waals surface area contributed by atoms with Crippen LogP contribution in [0.4, 0.5) is 11.4 Å². The molecule has 0 spiro atoms. The first-order valence-corrected chi connectivity index (χ1v) is 7.98. The predicted molar refractivity (Wildman–Crippen MR) is 86.7 cm³/mol. The number of halogens is 1. The van der Waals surface area contributed by atoms with Crippen LogP contribution in [-0.4, -0.2) is 20.3 Å². The molecular formula is C14H19BrN2O5. The molecule has 122 valence electrons. The lowest BCUT2D eigenvalue weighted by atomic mass is 9.91. The van der Waals surface area contributed by atoms with Gasteiger partial charge in [0.2, 0.25) is 0 Å². The van der Waals surface area contributed by atoms with Crippen molar-refractivity contribution in [2.45, 2.75) is 50.5 Å². The number of ether oxygens (including phenoxy) is 1. The quantitative estimate of drug-likeness (QED) is 0.375. The molecule has 1 atom stereocenters. The highest BCUT2D eigenvalue weighted by atomic mass is 79.9. The fourth-order valence-electron chi connectivity index (χ4n) is 2.34. The molecule has 8 heteroatoms. The van der Waals surface area contributed by atoms with E-state index in [4.69, 9.17) is 4.74 Å². The van der Waals surface area contributed by atoms with Gasteiger partial charge in [0.1, 0.15) is 5.60 Å². The van der Waals surface area contributed by atoms with Crippen molar-refractivity contribution < 1.29 is 14.6 Å². The fourth-order valence-corrected chi connectivity index (χ4v) is 3.08. The van der Waals surface area contributed by atoms with Crippen molar-refractivity contribution in [1.82, 2.24) is 0 Å². The molecule has 0 aliphatic carbocycles. The Hall–Kier alpha value is -1.70. The Bertz CT molecular complexity index is 560. The minimum absolute atomic E-state index is 0.0183.